The fourth-order valence-electron chi connectivity index (χ4n) is 3.36. The Morgan fingerprint density at radius 1 is 1.28 bits per heavy atom. The van der Waals surface area contributed by atoms with Gasteiger partial charge in [-0.1, -0.05) is 12.1 Å². The lowest BCUT2D eigenvalue weighted by Gasteiger charge is -2.32. The van der Waals surface area contributed by atoms with Crippen molar-refractivity contribution in [2.75, 3.05) is 13.1 Å². The molecule has 7 heteroatoms. The number of aromatic nitrogens is 4. The lowest BCUT2D eigenvalue weighted by atomic mass is 10.1. The number of amides is 1. The Morgan fingerprint density at radius 3 is 2.84 bits per heavy atom. The van der Waals surface area contributed by atoms with Crippen LogP contribution in [0.15, 0.2) is 43.0 Å². The molecule has 0 atom stereocenters. The van der Waals surface area contributed by atoms with E-state index in [2.05, 4.69) is 30.9 Å². The molecule has 0 radical (unpaired) electrons. The summed E-state index contributed by atoms with van der Waals surface area (Å²) in [6, 6.07) is 8.41. The summed E-state index contributed by atoms with van der Waals surface area (Å²) < 4.78 is 3.83. The van der Waals surface area contributed by atoms with Crippen LogP contribution < -0.4 is 5.32 Å². The van der Waals surface area contributed by atoms with Crippen LogP contribution in [0.25, 0.3) is 11.0 Å². The highest BCUT2D eigenvalue weighted by Gasteiger charge is 2.22. The number of rotatable bonds is 4. The number of imidazole rings is 1. The summed E-state index contributed by atoms with van der Waals surface area (Å²) >= 11 is 0. The molecule has 1 fully saturated rings. The Morgan fingerprint density at radius 2 is 2.08 bits per heavy atom. The molecule has 7 nitrogen and oxygen atoms in total. The average molecular weight is 338 g/mol. The largest absolute Gasteiger partial charge is 0.349 e. The third kappa shape index (κ3) is 3.41. The molecule has 1 saturated heterocycles. The summed E-state index contributed by atoms with van der Waals surface area (Å²) in [5.74, 6) is -0.0350. The van der Waals surface area contributed by atoms with Crippen molar-refractivity contribution in [1.29, 1.82) is 0 Å². The zero-order chi connectivity index (χ0) is 17.2. The summed E-state index contributed by atoms with van der Waals surface area (Å²) in [6.07, 6.45) is 7.17. The number of hydrogen-bond donors (Lipinski definition) is 1. The van der Waals surface area contributed by atoms with Crippen molar-refractivity contribution < 1.29 is 4.79 Å². The normalized spacial score (nSPS) is 16.4. The molecule has 1 amide bonds. The van der Waals surface area contributed by atoms with Gasteiger partial charge < -0.3 is 9.88 Å². The molecule has 3 aromatic rings. The van der Waals surface area contributed by atoms with Gasteiger partial charge in [-0.2, -0.15) is 5.10 Å². The molecule has 0 saturated carbocycles. The van der Waals surface area contributed by atoms with Crippen molar-refractivity contribution in [2.24, 2.45) is 7.05 Å². The number of hydrogen-bond acceptors (Lipinski definition) is 4. The van der Waals surface area contributed by atoms with Gasteiger partial charge in [0.15, 0.2) is 0 Å². The number of benzene rings is 1. The van der Waals surface area contributed by atoms with E-state index in [1.165, 1.54) is 0 Å². The quantitative estimate of drug-likeness (QED) is 0.785. The van der Waals surface area contributed by atoms with Crippen molar-refractivity contribution in [1.82, 2.24) is 29.5 Å². The summed E-state index contributed by atoms with van der Waals surface area (Å²) in [6.45, 7) is 2.76. The van der Waals surface area contributed by atoms with Crippen LogP contribution in [0.3, 0.4) is 0 Å². The topological polar surface area (TPSA) is 68.0 Å². The zero-order valence-electron chi connectivity index (χ0n) is 14.3. The molecular weight excluding hydrogens is 316 g/mol. The number of para-hydroxylation sites is 2. The van der Waals surface area contributed by atoms with Gasteiger partial charge in [-0.25, -0.2) is 4.98 Å². The first-order valence-electron chi connectivity index (χ1n) is 8.61. The van der Waals surface area contributed by atoms with E-state index in [-0.39, 0.29) is 11.9 Å². The number of nitrogens with zero attached hydrogens (tertiary/aromatic N) is 5. The van der Waals surface area contributed by atoms with E-state index in [0.29, 0.717) is 5.56 Å². The molecule has 1 aliphatic heterocycles. The number of fused-ring (bicyclic) bond motifs is 1. The number of carbonyl (C=O) groups excluding carboxylic acids is 1. The van der Waals surface area contributed by atoms with Crippen LogP contribution in [0.2, 0.25) is 0 Å². The summed E-state index contributed by atoms with van der Waals surface area (Å²) in [7, 11) is 1.81. The first kappa shape index (κ1) is 15.8. The Labute approximate surface area is 146 Å². The minimum Gasteiger partial charge on any atom is -0.349 e. The first-order chi connectivity index (χ1) is 12.2. The second-order valence-corrected chi connectivity index (χ2v) is 6.61. The molecule has 0 spiro atoms. The molecule has 130 valence electrons. The summed E-state index contributed by atoms with van der Waals surface area (Å²) in [5, 5.41) is 7.17. The van der Waals surface area contributed by atoms with Gasteiger partial charge in [0, 0.05) is 32.4 Å². The summed E-state index contributed by atoms with van der Waals surface area (Å²) in [4.78, 5) is 19.1. The summed E-state index contributed by atoms with van der Waals surface area (Å²) in [5.41, 5.74) is 2.81. The number of carbonyl (C=O) groups is 1. The first-order valence-corrected chi connectivity index (χ1v) is 8.61. The lowest BCUT2D eigenvalue weighted by molar-refractivity contribution is 0.0900. The van der Waals surface area contributed by atoms with E-state index in [4.69, 9.17) is 0 Å². The van der Waals surface area contributed by atoms with Crippen LogP contribution in [-0.2, 0) is 13.7 Å². The second-order valence-electron chi connectivity index (χ2n) is 6.61. The van der Waals surface area contributed by atoms with Gasteiger partial charge in [0.05, 0.1) is 35.8 Å². The van der Waals surface area contributed by atoms with E-state index in [9.17, 15) is 4.79 Å². The molecule has 2 aromatic heterocycles. The van der Waals surface area contributed by atoms with Gasteiger partial charge in [0.2, 0.25) is 0 Å². The standard InChI is InChI=1S/C18H22N6O/c1-22-11-14(10-20-22)18(25)21-15-6-8-23(9-7-15)13-24-12-19-16-4-2-3-5-17(16)24/h2-5,10-12,15H,6-9,13H2,1H3,(H,21,25). The van der Waals surface area contributed by atoms with E-state index in [1.54, 1.807) is 17.1 Å². The number of likely N-dealkylation sites (tertiary alicyclic amines) is 1. The maximum Gasteiger partial charge on any atom is 0.254 e. The highest BCUT2D eigenvalue weighted by atomic mass is 16.1. The Bertz CT molecular complexity index is 874. The van der Waals surface area contributed by atoms with Crippen molar-refractivity contribution in [2.45, 2.75) is 25.6 Å². The maximum absolute atomic E-state index is 12.2. The maximum atomic E-state index is 12.2. The van der Waals surface area contributed by atoms with Crippen LogP contribution >= 0.6 is 0 Å². The molecule has 1 aliphatic rings. The van der Waals surface area contributed by atoms with Crippen LogP contribution in [0, 0.1) is 0 Å². The van der Waals surface area contributed by atoms with Crippen LogP contribution in [0.4, 0.5) is 0 Å². The van der Waals surface area contributed by atoms with Crippen molar-refractivity contribution in [3.63, 3.8) is 0 Å². The van der Waals surface area contributed by atoms with Gasteiger partial charge in [-0.3, -0.25) is 14.4 Å². The van der Waals surface area contributed by atoms with E-state index in [1.807, 2.05) is 31.6 Å². The van der Waals surface area contributed by atoms with E-state index < -0.39 is 0 Å². The third-order valence-corrected chi connectivity index (χ3v) is 4.77. The monoisotopic (exact) mass is 338 g/mol. The highest BCUT2D eigenvalue weighted by Crippen LogP contribution is 2.16. The Balaban J connectivity index is 1.32. The molecule has 4 rings (SSSR count). The smallest absolute Gasteiger partial charge is 0.254 e. The second kappa shape index (κ2) is 6.68. The average Bonchev–Trinajstić information content (AvgIpc) is 3.24. The van der Waals surface area contributed by atoms with Gasteiger partial charge in [-0.05, 0) is 25.0 Å². The molecule has 1 N–H and O–H groups in total. The van der Waals surface area contributed by atoms with Gasteiger partial charge in [-0.15, -0.1) is 0 Å². The van der Waals surface area contributed by atoms with Gasteiger partial charge >= 0.3 is 0 Å². The predicted molar refractivity (Wildman–Crippen MR) is 95.0 cm³/mol. The minimum absolute atomic E-state index is 0.0350. The minimum atomic E-state index is -0.0350. The van der Waals surface area contributed by atoms with Crippen LogP contribution in [-0.4, -0.2) is 49.3 Å². The molecular formula is C18H22N6O. The van der Waals surface area contributed by atoms with Crippen LogP contribution in [0.5, 0.6) is 0 Å². The molecule has 0 aliphatic carbocycles. The molecule has 1 aromatic carbocycles. The number of nitrogens with one attached hydrogen (secondary N) is 1. The van der Waals surface area contributed by atoms with Crippen molar-refractivity contribution in [3.8, 4) is 0 Å². The lowest BCUT2D eigenvalue weighted by Crippen LogP contribution is -2.44. The Kier molecular flexibility index (Phi) is 4.23. The van der Waals surface area contributed by atoms with Crippen molar-refractivity contribution >= 4 is 16.9 Å². The van der Waals surface area contributed by atoms with E-state index in [0.717, 1.165) is 43.6 Å². The SMILES string of the molecule is Cn1cc(C(=O)NC2CCN(Cn3cnc4ccccc43)CC2)cn1. The third-order valence-electron chi connectivity index (χ3n) is 4.77. The predicted octanol–water partition coefficient (Wildman–Crippen LogP) is 1.62. The van der Waals surface area contributed by atoms with Gasteiger partial charge in [0.1, 0.15) is 0 Å². The highest BCUT2D eigenvalue weighted by molar-refractivity contribution is 5.93. The van der Waals surface area contributed by atoms with Crippen LogP contribution in [0.1, 0.15) is 23.2 Å². The Hall–Kier alpha value is -2.67. The zero-order valence-corrected chi connectivity index (χ0v) is 14.3. The van der Waals surface area contributed by atoms with Crippen molar-refractivity contribution in [3.05, 3.63) is 48.5 Å². The molecule has 0 unspecified atom stereocenters. The molecule has 0 bridgehead atoms. The van der Waals surface area contributed by atoms with E-state index >= 15 is 0 Å². The fourth-order valence-corrected chi connectivity index (χ4v) is 3.36. The molecule has 25 heavy (non-hydrogen) atoms. The number of piperidine rings is 1. The number of aryl methyl sites for hydroxylation is 1. The molecule has 3 heterocycles. The van der Waals surface area contributed by atoms with Gasteiger partial charge in [0.25, 0.3) is 5.91 Å². The fraction of sp³-hybridized carbons (Fsp3) is 0.389.